The molecule has 0 aliphatic carbocycles. The Kier molecular flexibility index (Phi) is 8.08. The van der Waals surface area contributed by atoms with E-state index in [1.54, 1.807) is 0 Å². The van der Waals surface area contributed by atoms with Crippen LogP contribution in [0.5, 0.6) is 5.75 Å². The first-order chi connectivity index (χ1) is 9.52. The van der Waals surface area contributed by atoms with Gasteiger partial charge in [-0.3, -0.25) is 0 Å². The van der Waals surface area contributed by atoms with Gasteiger partial charge in [0.15, 0.2) is 0 Å². The Morgan fingerprint density at radius 3 is 2.20 bits per heavy atom. The zero-order valence-electron chi connectivity index (χ0n) is 13.5. The van der Waals surface area contributed by atoms with Gasteiger partial charge in [0.2, 0.25) is 0 Å². The van der Waals surface area contributed by atoms with Crippen molar-refractivity contribution in [1.82, 2.24) is 5.32 Å². The molecule has 1 rings (SSSR count). The van der Waals surface area contributed by atoms with E-state index in [-0.39, 0.29) is 6.10 Å². The summed E-state index contributed by atoms with van der Waals surface area (Å²) >= 11 is 2.03. The van der Waals surface area contributed by atoms with Gasteiger partial charge in [-0.05, 0) is 49.8 Å². The van der Waals surface area contributed by atoms with E-state index < -0.39 is 0 Å². The van der Waals surface area contributed by atoms with Crippen molar-refractivity contribution in [2.45, 2.75) is 46.8 Å². The van der Waals surface area contributed by atoms with Crippen LogP contribution < -0.4 is 10.1 Å². The van der Waals surface area contributed by atoms with Crippen molar-refractivity contribution in [2.24, 2.45) is 5.92 Å². The first kappa shape index (κ1) is 17.4. The van der Waals surface area contributed by atoms with Crippen LogP contribution >= 0.6 is 11.8 Å². The van der Waals surface area contributed by atoms with Gasteiger partial charge in [0, 0.05) is 11.8 Å². The van der Waals surface area contributed by atoms with Crippen molar-refractivity contribution >= 4 is 11.8 Å². The highest BCUT2D eigenvalue weighted by Crippen LogP contribution is 2.22. The molecule has 1 aromatic rings. The molecule has 0 aromatic heterocycles. The standard InChI is InChI=1S/C17H29NOS/c1-6-18-17(12-20-11-13(2)3)15-7-9-16(10-8-15)19-14(4)5/h7-10,13-14,17-18H,6,11-12H2,1-5H3. The number of hydrogen-bond donors (Lipinski definition) is 1. The van der Waals surface area contributed by atoms with E-state index in [9.17, 15) is 0 Å². The molecule has 1 unspecified atom stereocenters. The number of ether oxygens (including phenoxy) is 1. The second-order valence-electron chi connectivity index (χ2n) is 5.78. The molecule has 0 spiro atoms. The predicted octanol–water partition coefficient (Wildman–Crippen LogP) is 4.51. The Morgan fingerprint density at radius 2 is 1.70 bits per heavy atom. The molecule has 0 radical (unpaired) electrons. The molecule has 0 bridgehead atoms. The molecule has 20 heavy (non-hydrogen) atoms. The summed E-state index contributed by atoms with van der Waals surface area (Å²) in [5.74, 6) is 4.05. The minimum Gasteiger partial charge on any atom is -0.491 e. The maximum atomic E-state index is 5.70. The Hall–Kier alpha value is -0.670. The quantitative estimate of drug-likeness (QED) is 0.724. The van der Waals surface area contributed by atoms with E-state index in [1.807, 2.05) is 11.8 Å². The van der Waals surface area contributed by atoms with Crippen LogP contribution in [0.3, 0.4) is 0 Å². The van der Waals surface area contributed by atoms with Crippen LogP contribution in [-0.2, 0) is 0 Å². The Morgan fingerprint density at radius 1 is 1.05 bits per heavy atom. The van der Waals surface area contributed by atoms with Gasteiger partial charge >= 0.3 is 0 Å². The summed E-state index contributed by atoms with van der Waals surface area (Å²) < 4.78 is 5.70. The number of nitrogens with one attached hydrogen (secondary N) is 1. The monoisotopic (exact) mass is 295 g/mol. The van der Waals surface area contributed by atoms with Gasteiger partial charge in [-0.25, -0.2) is 0 Å². The minimum atomic E-state index is 0.229. The molecule has 0 aliphatic rings. The van der Waals surface area contributed by atoms with Gasteiger partial charge in [0.05, 0.1) is 6.10 Å². The molecular formula is C17H29NOS. The maximum Gasteiger partial charge on any atom is 0.119 e. The second-order valence-corrected chi connectivity index (χ2v) is 6.85. The highest BCUT2D eigenvalue weighted by Gasteiger charge is 2.11. The average molecular weight is 295 g/mol. The summed E-state index contributed by atoms with van der Waals surface area (Å²) in [7, 11) is 0. The van der Waals surface area contributed by atoms with E-state index in [2.05, 4.69) is 64.2 Å². The molecule has 1 atom stereocenters. The molecule has 1 N–H and O–H groups in total. The average Bonchev–Trinajstić information content (AvgIpc) is 2.37. The van der Waals surface area contributed by atoms with Crippen LogP contribution in [0.2, 0.25) is 0 Å². The number of hydrogen-bond acceptors (Lipinski definition) is 3. The van der Waals surface area contributed by atoms with Gasteiger partial charge in [0.1, 0.15) is 5.75 Å². The van der Waals surface area contributed by atoms with Gasteiger partial charge in [-0.1, -0.05) is 32.9 Å². The molecule has 3 heteroatoms. The van der Waals surface area contributed by atoms with Crippen LogP contribution in [0.4, 0.5) is 0 Å². The van der Waals surface area contributed by atoms with Crippen molar-refractivity contribution in [2.75, 3.05) is 18.1 Å². The van der Waals surface area contributed by atoms with E-state index in [0.717, 1.165) is 24.0 Å². The summed E-state index contributed by atoms with van der Waals surface area (Å²) in [5.41, 5.74) is 1.35. The SMILES string of the molecule is CCNC(CSCC(C)C)c1ccc(OC(C)C)cc1. The fourth-order valence-electron chi connectivity index (χ4n) is 1.99. The topological polar surface area (TPSA) is 21.3 Å². The van der Waals surface area contributed by atoms with E-state index in [1.165, 1.54) is 11.3 Å². The Labute approximate surface area is 128 Å². The lowest BCUT2D eigenvalue weighted by molar-refractivity contribution is 0.242. The number of benzene rings is 1. The molecule has 0 amide bonds. The first-order valence-corrected chi connectivity index (χ1v) is 8.76. The molecule has 114 valence electrons. The zero-order chi connectivity index (χ0) is 15.0. The van der Waals surface area contributed by atoms with Gasteiger partial charge in [-0.2, -0.15) is 11.8 Å². The zero-order valence-corrected chi connectivity index (χ0v) is 14.3. The normalized spacial score (nSPS) is 12.9. The van der Waals surface area contributed by atoms with E-state index in [4.69, 9.17) is 4.74 Å². The fraction of sp³-hybridized carbons (Fsp3) is 0.647. The van der Waals surface area contributed by atoms with Crippen molar-refractivity contribution in [3.63, 3.8) is 0 Å². The summed E-state index contributed by atoms with van der Waals surface area (Å²) in [4.78, 5) is 0. The van der Waals surface area contributed by atoms with Crippen molar-refractivity contribution in [3.05, 3.63) is 29.8 Å². The number of rotatable bonds is 9. The lowest BCUT2D eigenvalue weighted by Crippen LogP contribution is -2.23. The maximum absolute atomic E-state index is 5.70. The largest absolute Gasteiger partial charge is 0.491 e. The fourth-order valence-corrected chi connectivity index (χ4v) is 3.15. The van der Waals surface area contributed by atoms with Gasteiger partial charge in [-0.15, -0.1) is 0 Å². The highest BCUT2D eigenvalue weighted by atomic mass is 32.2. The van der Waals surface area contributed by atoms with Crippen molar-refractivity contribution in [1.29, 1.82) is 0 Å². The summed E-state index contributed by atoms with van der Waals surface area (Å²) in [6, 6.07) is 8.94. The van der Waals surface area contributed by atoms with Crippen molar-refractivity contribution in [3.8, 4) is 5.75 Å². The third-order valence-electron chi connectivity index (χ3n) is 2.84. The van der Waals surface area contributed by atoms with Gasteiger partial charge < -0.3 is 10.1 Å². The lowest BCUT2D eigenvalue weighted by Gasteiger charge is -2.19. The van der Waals surface area contributed by atoms with Gasteiger partial charge in [0.25, 0.3) is 0 Å². The Bertz CT molecular complexity index is 362. The van der Waals surface area contributed by atoms with Crippen LogP contribution in [-0.4, -0.2) is 24.2 Å². The first-order valence-electron chi connectivity index (χ1n) is 7.60. The molecule has 1 aromatic carbocycles. The van der Waals surface area contributed by atoms with E-state index >= 15 is 0 Å². The third-order valence-corrected chi connectivity index (χ3v) is 4.31. The lowest BCUT2D eigenvalue weighted by atomic mass is 10.1. The molecule has 0 fully saturated rings. The van der Waals surface area contributed by atoms with Crippen LogP contribution in [0.25, 0.3) is 0 Å². The molecule has 0 saturated heterocycles. The molecule has 0 heterocycles. The molecule has 2 nitrogen and oxygen atoms in total. The summed E-state index contributed by atoms with van der Waals surface area (Å²) in [6.07, 6.45) is 0.229. The highest BCUT2D eigenvalue weighted by molar-refractivity contribution is 7.99. The molecular weight excluding hydrogens is 266 g/mol. The predicted molar refractivity (Wildman–Crippen MR) is 90.8 cm³/mol. The van der Waals surface area contributed by atoms with Crippen LogP contribution in [0.15, 0.2) is 24.3 Å². The van der Waals surface area contributed by atoms with Crippen LogP contribution in [0.1, 0.15) is 46.2 Å². The molecule has 0 saturated carbocycles. The van der Waals surface area contributed by atoms with Crippen LogP contribution in [0, 0.1) is 5.92 Å². The summed E-state index contributed by atoms with van der Waals surface area (Å²) in [6.45, 7) is 11.8. The minimum absolute atomic E-state index is 0.229. The number of thioether (sulfide) groups is 1. The second kappa shape index (κ2) is 9.30. The summed E-state index contributed by atoms with van der Waals surface area (Å²) in [5, 5.41) is 3.57. The van der Waals surface area contributed by atoms with E-state index in [0.29, 0.717) is 6.04 Å². The molecule has 0 aliphatic heterocycles. The third kappa shape index (κ3) is 6.67. The smallest absolute Gasteiger partial charge is 0.119 e. The van der Waals surface area contributed by atoms with Crippen molar-refractivity contribution < 1.29 is 4.74 Å². The Balaban J connectivity index is 2.61.